The number of amides is 2. The molecule has 2 aliphatic rings. The van der Waals surface area contributed by atoms with E-state index >= 15 is 0 Å². The normalized spacial score (nSPS) is 17.7. The Hall–Kier alpha value is -2.06. The van der Waals surface area contributed by atoms with E-state index in [0.29, 0.717) is 17.9 Å². The molecule has 0 radical (unpaired) electrons. The molecule has 1 N–H and O–H groups in total. The topological polar surface area (TPSA) is 81.2 Å². The summed E-state index contributed by atoms with van der Waals surface area (Å²) in [5.41, 5.74) is 1.25. The van der Waals surface area contributed by atoms with Crippen LogP contribution in [-0.4, -0.2) is 72.0 Å². The maximum absolute atomic E-state index is 12.9. The van der Waals surface area contributed by atoms with Gasteiger partial charge < -0.3 is 10.0 Å². The molecule has 27 heavy (non-hydrogen) atoms. The van der Waals surface area contributed by atoms with E-state index in [1.54, 1.807) is 11.0 Å². The van der Waals surface area contributed by atoms with Crippen LogP contribution in [0.1, 0.15) is 30.1 Å². The van der Waals surface area contributed by atoms with Crippen LogP contribution in [0.25, 0.3) is 0 Å². The molecule has 7 nitrogen and oxygen atoms in total. The van der Waals surface area contributed by atoms with Gasteiger partial charge in [-0.2, -0.15) is 11.8 Å². The molecule has 2 amide bonds. The molecule has 1 aromatic carbocycles. The van der Waals surface area contributed by atoms with Gasteiger partial charge >= 0.3 is 5.97 Å². The van der Waals surface area contributed by atoms with E-state index in [1.807, 2.05) is 11.8 Å². The summed E-state index contributed by atoms with van der Waals surface area (Å²) in [5.74, 6) is 0.666. The summed E-state index contributed by atoms with van der Waals surface area (Å²) in [7, 11) is 0. The summed E-state index contributed by atoms with van der Waals surface area (Å²) < 4.78 is 0. The lowest BCUT2D eigenvalue weighted by Gasteiger charge is -2.37. The molecule has 0 bridgehead atoms. The first-order valence-electron chi connectivity index (χ1n) is 9.29. The smallest absolute Gasteiger partial charge is 0.335 e. The van der Waals surface area contributed by atoms with Crippen molar-refractivity contribution < 1.29 is 19.5 Å². The third-order valence-electron chi connectivity index (χ3n) is 4.90. The van der Waals surface area contributed by atoms with Crippen molar-refractivity contribution in [2.45, 2.75) is 19.8 Å². The van der Waals surface area contributed by atoms with Crippen molar-refractivity contribution in [1.29, 1.82) is 0 Å². The highest BCUT2D eigenvalue weighted by molar-refractivity contribution is 7.99. The zero-order valence-corrected chi connectivity index (χ0v) is 16.3. The van der Waals surface area contributed by atoms with Crippen LogP contribution in [0, 0.1) is 0 Å². The Labute approximate surface area is 163 Å². The van der Waals surface area contributed by atoms with Crippen LogP contribution in [0.3, 0.4) is 0 Å². The molecule has 146 valence electrons. The fourth-order valence-electron chi connectivity index (χ4n) is 3.36. The number of rotatable bonds is 6. The summed E-state index contributed by atoms with van der Waals surface area (Å²) in [5, 5.41) is 9.34. The van der Waals surface area contributed by atoms with Crippen LogP contribution in [0.5, 0.6) is 0 Å². The van der Waals surface area contributed by atoms with Gasteiger partial charge in [-0.15, -0.1) is 0 Å². The van der Waals surface area contributed by atoms with Crippen LogP contribution in [0.4, 0.5) is 11.4 Å². The largest absolute Gasteiger partial charge is 0.478 e. The Balaban J connectivity index is 1.89. The van der Waals surface area contributed by atoms with Gasteiger partial charge in [-0.3, -0.25) is 19.4 Å². The predicted molar refractivity (Wildman–Crippen MR) is 107 cm³/mol. The van der Waals surface area contributed by atoms with Crippen molar-refractivity contribution in [2.24, 2.45) is 0 Å². The van der Waals surface area contributed by atoms with Gasteiger partial charge in [0, 0.05) is 31.1 Å². The Kier molecular flexibility index (Phi) is 6.38. The second-order valence-corrected chi connectivity index (χ2v) is 8.00. The van der Waals surface area contributed by atoms with Gasteiger partial charge in [-0.1, -0.05) is 13.3 Å². The first-order valence-corrected chi connectivity index (χ1v) is 10.4. The second-order valence-electron chi connectivity index (χ2n) is 6.78. The van der Waals surface area contributed by atoms with Crippen LogP contribution >= 0.6 is 11.8 Å². The first kappa shape index (κ1) is 19.7. The molecule has 1 fully saturated rings. The number of carboxylic acid groups (broad SMARTS) is 1. The molecule has 2 heterocycles. The van der Waals surface area contributed by atoms with E-state index in [4.69, 9.17) is 0 Å². The summed E-state index contributed by atoms with van der Waals surface area (Å²) in [6.45, 7) is 4.53. The van der Waals surface area contributed by atoms with Crippen molar-refractivity contribution in [1.82, 2.24) is 4.90 Å². The Morgan fingerprint density at radius 3 is 2.59 bits per heavy atom. The minimum Gasteiger partial charge on any atom is -0.478 e. The molecular formula is C19H25N3O4S. The third-order valence-corrected chi connectivity index (χ3v) is 5.84. The lowest BCUT2D eigenvalue weighted by atomic mass is 10.1. The number of anilines is 2. The zero-order valence-electron chi connectivity index (χ0n) is 15.5. The molecule has 1 aromatic rings. The maximum atomic E-state index is 12.9. The van der Waals surface area contributed by atoms with Gasteiger partial charge in [0.15, 0.2) is 0 Å². The minimum atomic E-state index is -1.05. The number of aromatic carboxylic acids is 1. The van der Waals surface area contributed by atoms with Crippen molar-refractivity contribution in [3.63, 3.8) is 0 Å². The molecular weight excluding hydrogens is 366 g/mol. The quantitative estimate of drug-likeness (QED) is 0.798. The van der Waals surface area contributed by atoms with Gasteiger partial charge in [0.05, 0.1) is 23.5 Å². The lowest BCUT2D eigenvalue weighted by Crippen LogP contribution is -2.51. The Bertz CT molecular complexity index is 734. The summed E-state index contributed by atoms with van der Waals surface area (Å²) in [6, 6.07) is 4.64. The molecule has 2 aliphatic heterocycles. The summed E-state index contributed by atoms with van der Waals surface area (Å²) in [6.07, 6.45) is 1.80. The van der Waals surface area contributed by atoms with Gasteiger partial charge in [-0.25, -0.2) is 4.79 Å². The minimum absolute atomic E-state index is 0.0405. The number of benzene rings is 1. The highest BCUT2D eigenvalue weighted by Crippen LogP contribution is 2.35. The van der Waals surface area contributed by atoms with E-state index in [9.17, 15) is 19.5 Å². The maximum Gasteiger partial charge on any atom is 0.335 e. The molecule has 0 unspecified atom stereocenters. The molecule has 3 rings (SSSR count). The molecule has 8 heteroatoms. The molecule has 1 saturated heterocycles. The highest BCUT2D eigenvalue weighted by atomic mass is 32.2. The lowest BCUT2D eigenvalue weighted by molar-refractivity contribution is -0.123. The number of hydrogen-bond acceptors (Lipinski definition) is 5. The number of hydrogen-bond donors (Lipinski definition) is 1. The standard InChI is InChI=1S/C19H25N3O4S/c1-2-3-6-21-15-5-4-14(19(25)26)11-16(15)22(13-18(21)24)17(23)12-20-7-9-27-10-8-20/h4-5,11H,2-3,6-10,12-13H2,1H3,(H,25,26). The average molecular weight is 391 g/mol. The summed E-state index contributed by atoms with van der Waals surface area (Å²) in [4.78, 5) is 42.2. The first-order chi connectivity index (χ1) is 13.0. The number of carbonyl (C=O) groups excluding carboxylic acids is 2. The van der Waals surface area contributed by atoms with E-state index in [1.165, 1.54) is 17.0 Å². The fraction of sp³-hybridized carbons (Fsp3) is 0.526. The van der Waals surface area contributed by atoms with Crippen LogP contribution in [-0.2, 0) is 9.59 Å². The number of fused-ring (bicyclic) bond motifs is 1. The van der Waals surface area contributed by atoms with Crippen molar-refractivity contribution in [2.75, 3.05) is 54.0 Å². The van der Waals surface area contributed by atoms with Gasteiger partial charge in [0.1, 0.15) is 6.54 Å². The average Bonchev–Trinajstić information content (AvgIpc) is 2.67. The molecule has 0 spiro atoms. The number of carbonyl (C=O) groups is 3. The van der Waals surface area contributed by atoms with Gasteiger partial charge in [0.25, 0.3) is 0 Å². The fourth-order valence-corrected chi connectivity index (χ4v) is 4.34. The molecule has 0 aliphatic carbocycles. The SMILES string of the molecule is CCCCN1C(=O)CN(C(=O)CN2CCSCC2)c2cc(C(=O)O)ccc21. The van der Waals surface area contributed by atoms with Crippen molar-refractivity contribution >= 4 is 40.9 Å². The summed E-state index contributed by atoms with van der Waals surface area (Å²) >= 11 is 1.87. The highest BCUT2D eigenvalue weighted by Gasteiger charge is 2.33. The van der Waals surface area contributed by atoms with Crippen molar-refractivity contribution in [3.8, 4) is 0 Å². The Morgan fingerprint density at radius 2 is 1.93 bits per heavy atom. The molecule has 0 atom stereocenters. The van der Waals surface area contributed by atoms with Crippen LogP contribution in [0.2, 0.25) is 0 Å². The third kappa shape index (κ3) is 4.44. The number of thioether (sulfide) groups is 1. The van der Waals surface area contributed by atoms with Crippen LogP contribution < -0.4 is 9.80 Å². The van der Waals surface area contributed by atoms with E-state index < -0.39 is 5.97 Å². The number of nitrogens with zero attached hydrogens (tertiary/aromatic N) is 3. The van der Waals surface area contributed by atoms with E-state index in [0.717, 1.165) is 37.4 Å². The number of carboxylic acids is 1. The molecule has 0 saturated carbocycles. The second kappa shape index (κ2) is 8.75. The van der Waals surface area contributed by atoms with Gasteiger partial charge in [-0.05, 0) is 24.6 Å². The zero-order chi connectivity index (χ0) is 19.4. The monoisotopic (exact) mass is 391 g/mol. The number of unbranched alkanes of at least 4 members (excludes halogenated alkanes) is 1. The van der Waals surface area contributed by atoms with Crippen LogP contribution in [0.15, 0.2) is 18.2 Å². The predicted octanol–water partition coefficient (Wildman–Crippen LogP) is 1.91. The van der Waals surface area contributed by atoms with E-state index in [2.05, 4.69) is 11.8 Å². The van der Waals surface area contributed by atoms with Crippen molar-refractivity contribution in [3.05, 3.63) is 23.8 Å². The van der Waals surface area contributed by atoms with Gasteiger partial charge in [0.2, 0.25) is 11.8 Å². The molecule has 0 aromatic heterocycles. The Morgan fingerprint density at radius 1 is 1.19 bits per heavy atom. The van der Waals surface area contributed by atoms with E-state index in [-0.39, 0.29) is 30.5 Å².